The van der Waals surface area contributed by atoms with Crippen LogP contribution >= 0.6 is 0 Å². The highest BCUT2D eigenvalue weighted by molar-refractivity contribution is 6.02. The van der Waals surface area contributed by atoms with Crippen molar-refractivity contribution in [2.75, 3.05) is 13.1 Å². The summed E-state index contributed by atoms with van der Waals surface area (Å²) in [5.74, 6) is -6.02. The predicted molar refractivity (Wildman–Crippen MR) is 148 cm³/mol. The summed E-state index contributed by atoms with van der Waals surface area (Å²) in [7, 11) is 0. The van der Waals surface area contributed by atoms with Gasteiger partial charge in [0.05, 0.1) is 0 Å². The second kappa shape index (κ2) is 16.8. The molecule has 15 nitrogen and oxygen atoms in total. The number of amides is 4. The van der Waals surface area contributed by atoms with Crippen LogP contribution in [0.4, 0.5) is 0 Å². The number of aliphatic carboxylic acids is 1. The van der Waals surface area contributed by atoms with Crippen LogP contribution in [-0.4, -0.2) is 71.7 Å². The van der Waals surface area contributed by atoms with Gasteiger partial charge in [-0.1, -0.05) is 30.3 Å². The maximum atomic E-state index is 13.3. The number of nitrogens with one attached hydrogen (secondary N) is 4. The van der Waals surface area contributed by atoms with Gasteiger partial charge in [0.1, 0.15) is 23.8 Å². The number of carbonyl (C=O) groups excluding carboxylic acids is 4. The molecule has 218 valence electrons. The molecular formula is C25H37N9O6. The van der Waals surface area contributed by atoms with E-state index in [-0.39, 0.29) is 44.1 Å². The average Bonchev–Trinajstić information content (AvgIpc) is 2.89. The first-order valence-electron chi connectivity index (χ1n) is 12.3. The van der Waals surface area contributed by atoms with E-state index in [0.717, 1.165) is 0 Å². The molecule has 0 radical (unpaired) electrons. The van der Waals surface area contributed by atoms with E-state index in [1.54, 1.807) is 24.3 Å². The van der Waals surface area contributed by atoms with Crippen molar-refractivity contribution >= 4 is 41.4 Å². The first-order valence-corrected chi connectivity index (χ1v) is 12.3. The Morgan fingerprint density at radius 3 is 2.10 bits per heavy atom. The van der Waals surface area contributed by atoms with Gasteiger partial charge in [-0.3, -0.25) is 34.4 Å². The molecule has 1 aromatic carbocycles. The van der Waals surface area contributed by atoms with Crippen LogP contribution in [0.1, 0.15) is 36.8 Å². The van der Waals surface area contributed by atoms with E-state index in [0.29, 0.717) is 17.5 Å². The second-order valence-corrected chi connectivity index (χ2v) is 8.81. The van der Waals surface area contributed by atoms with Gasteiger partial charge < -0.3 is 44.0 Å². The van der Waals surface area contributed by atoms with Crippen LogP contribution < -0.4 is 38.9 Å². The minimum absolute atomic E-state index is 0.0744. The Balaban J connectivity index is 3.13. The van der Waals surface area contributed by atoms with Crippen molar-refractivity contribution in [3.05, 3.63) is 48.0 Å². The number of hydrogen-bond donors (Lipinski definition) is 9. The minimum atomic E-state index is -1.39. The number of carboxylic acids is 1. The molecule has 4 amide bonds. The van der Waals surface area contributed by atoms with E-state index in [9.17, 15) is 24.0 Å². The summed E-state index contributed by atoms with van der Waals surface area (Å²) in [4.78, 5) is 66.0. The molecule has 15 heteroatoms. The number of carboxylic acid groups (broad SMARTS) is 1. The minimum Gasteiger partial charge on any atom is -0.481 e. The molecule has 0 saturated heterocycles. The quantitative estimate of drug-likeness (QED) is 0.0310. The number of benzene rings is 1. The summed E-state index contributed by atoms with van der Waals surface area (Å²) in [5, 5.41) is 24.1. The summed E-state index contributed by atoms with van der Waals surface area (Å²) in [6.45, 7) is 3.78. The Morgan fingerprint density at radius 1 is 0.950 bits per heavy atom. The van der Waals surface area contributed by atoms with Crippen molar-refractivity contribution in [1.82, 2.24) is 16.0 Å². The summed E-state index contributed by atoms with van der Waals surface area (Å²) in [5.41, 5.74) is 22.4. The lowest BCUT2D eigenvalue weighted by Gasteiger charge is -2.24. The Kier molecular flexibility index (Phi) is 13.9. The predicted octanol–water partition coefficient (Wildman–Crippen LogP) is -2.20. The maximum absolute atomic E-state index is 13.3. The topological polar surface area (TPSA) is 282 Å². The van der Waals surface area contributed by atoms with E-state index < -0.39 is 54.0 Å². The van der Waals surface area contributed by atoms with Crippen LogP contribution in [0.15, 0.2) is 41.9 Å². The Morgan fingerprint density at radius 2 is 1.57 bits per heavy atom. The zero-order valence-electron chi connectivity index (χ0n) is 22.0. The molecule has 1 rings (SSSR count). The largest absolute Gasteiger partial charge is 0.481 e. The van der Waals surface area contributed by atoms with Gasteiger partial charge in [-0.25, -0.2) is 0 Å². The van der Waals surface area contributed by atoms with Gasteiger partial charge in [0.15, 0.2) is 5.96 Å². The molecule has 2 unspecified atom stereocenters. The van der Waals surface area contributed by atoms with Crippen LogP contribution in [-0.2, 0) is 30.4 Å². The molecule has 0 aromatic heterocycles. The van der Waals surface area contributed by atoms with E-state index in [1.807, 2.05) is 0 Å². The van der Waals surface area contributed by atoms with Crippen molar-refractivity contribution in [3.63, 3.8) is 0 Å². The molecule has 3 atom stereocenters. The highest BCUT2D eigenvalue weighted by Crippen LogP contribution is 2.13. The van der Waals surface area contributed by atoms with Gasteiger partial charge in [0.2, 0.25) is 23.6 Å². The number of hydrogen-bond acceptors (Lipinski definition) is 7. The Bertz CT molecular complexity index is 1120. The summed E-state index contributed by atoms with van der Waals surface area (Å²) in [6, 6.07) is 3.80. The van der Waals surface area contributed by atoms with Crippen molar-refractivity contribution in [2.45, 2.75) is 44.2 Å². The fourth-order valence-electron chi connectivity index (χ4n) is 3.53. The van der Waals surface area contributed by atoms with Crippen LogP contribution in [0, 0.1) is 11.3 Å². The zero-order chi connectivity index (χ0) is 30.2. The lowest BCUT2D eigenvalue weighted by atomic mass is 9.95. The first-order chi connectivity index (χ1) is 18.8. The lowest BCUT2D eigenvalue weighted by Crippen LogP contribution is -2.55. The zero-order valence-corrected chi connectivity index (χ0v) is 22.0. The van der Waals surface area contributed by atoms with Gasteiger partial charge in [0.25, 0.3) is 0 Å². The van der Waals surface area contributed by atoms with Gasteiger partial charge in [-0.15, -0.1) is 6.58 Å². The highest BCUT2D eigenvalue weighted by atomic mass is 16.4. The van der Waals surface area contributed by atoms with Gasteiger partial charge in [0, 0.05) is 25.1 Å². The molecule has 0 fully saturated rings. The third kappa shape index (κ3) is 12.1. The number of nitrogens with two attached hydrogens (primary N) is 4. The molecule has 0 aliphatic carbocycles. The lowest BCUT2D eigenvalue weighted by molar-refractivity contribution is -0.140. The summed E-state index contributed by atoms with van der Waals surface area (Å²) < 4.78 is 0. The normalized spacial score (nSPS) is 12.6. The van der Waals surface area contributed by atoms with Gasteiger partial charge in [-0.05, 0) is 31.2 Å². The Hall–Kier alpha value is -4.95. The summed E-state index contributed by atoms with van der Waals surface area (Å²) >= 11 is 0. The summed E-state index contributed by atoms with van der Waals surface area (Å²) in [6.07, 6.45) is 0.931. The molecule has 0 spiro atoms. The van der Waals surface area contributed by atoms with Crippen LogP contribution in [0.2, 0.25) is 0 Å². The number of amidine groups is 1. The standard InChI is InChI=1S/C25H37N9O6/c1-2-11-31-22(38)16(13-14-5-7-15(8-6-14)20(26)27)23(39)34-18(9-10-19(35)36)24(40)33-17(21(28)37)4-3-12-32-25(29)30/h2,5-8,16-18H,1,3-4,9-13H2,(H3,26,27)(H2,28,37)(H,31,38)(H,33,40)(H,34,39)(H,35,36)(H4,29,30,32)/t16-,17?,18?/m0/s1. The van der Waals surface area contributed by atoms with Gasteiger partial charge >= 0.3 is 5.97 Å². The second-order valence-electron chi connectivity index (χ2n) is 8.81. The molecule has 13 N–H and O–H groups in total. The number of carbonyl (C=O) groups is 5. The fourth-order valence-corrected chi connectivity index (χ4v) is 3.53. The number of nitrogen functional groups attached to an aromatic ring is 1. The number of guanidine groups is 1. The molecule has 0 aliphatic rings. The molecule has 40 heavy (non-hydrogen) atoms. The van der Waals surface area contributed by atoms with E-state index in [2.05, 4.69) is 27.5 Å². The molecule has 0 aliphatic heterocycles. The first kappa shape index (κ1) is 33.1. The SMILES string of the molecule is C=CCNC(=O)[C@H](Cc1ccc(C(=N)N)cc1)C(=O)NC(CCC(=O)O)C(=O)NC(CCCN=C(N)N)C(N)=O. The molecule has 1 aromatic rings. The van der Waals surface area contributed by atoms with Crippen LogP contribution in [0.25, 0.3) is 0 Å². The van der Waals surface area contributed by atoms with Crippen molar-refractivity contribution in [3.8, 4) is 0 Å². The maximum Gasteiger partial charge on any atom is 0.303 e. The number of nitrogens with zero attached hydrogens (tertiary/aromatic N) is 1. The fraction of sp³-hybridized carbons (Fsp3) is 0.400. The van der Waals surface area contributed by atoms with E-state index in [4.69, 9.17) is 33.5 Å². The van der Waals surface area contributed by atoms with Crippen LogP contribution in [0.5, 0.6) is 0 Å². The van der Waals surface area contributed by atoms with Crippen molar-refractivity contribution in [2.24, 2.45) is 33.8 Å². The number of primary amides is 1. The molecule has 0 bridgehead atoms. The third-order valence-electron chi connectivity index (χ3n) is 5.64. The average molecular weight is 560 g/mol. The van der Waals surface area contributed by atoms with E-state index >= 15 is 0 Å². The third-order valence-corrected chi connectivity index (χ3v) is 5.64. The monoisotopic (exact) mass is 559 g/mol. The number of aliphatic imine (C=N–C) groups is 1. The van der Waals surface area contributed by atoms with Gasteiger partial charge in [-0.2, -0.15) is 0 Å². The van der Waals surface area contributed by atoms with Crippen molar-refractivity contribution < 1.29 is 29.1 Å². The number of rotatable bonds is 18. The molecule has 0 saturated carbocycles. The molecule has 0 heterocycles. The molecular weight excluding hydrogens is 522 g/mol. The van der Waals surface area contributed by atoms with Crippen molar-refractivity contribution in [1.29, 1.82) is 5.41 Å². The smallest absolute Gasteiger partial charge is 0.303 e. The Labute approximate surface area is 231 Å². The highest BCUT2D eigenvalue weighted by Gasteiger charge is 2.32. The van der Waals surface area contributed by atoms with Crippen LogP contribution in [0.3, 0.4) is 0 Å². The van der Waals surface area contributed by atoms with E-state index in [1.165, 1.54) is 6.08 Å².